The monoisotopic (exact) mass is 358 g/mol. The molecule has 0 aliphatic carbocycles. The molecule has 1 aromatic carbocycles. The zero-order valence-corrected chi connectivity index (χ0v) is 14.9. The molecule has 4 N–H and O–H groups in total. The van der Waals surface area contributed by atoms with Crippen LogP contribution in [0.15, 0.2) is 42.6 Å². The van der Waals surface area contributed by atoms with Gasteiger partial charge in [0.2, 0.25) is 0 Å². The number of hydrogen-bond donors (Lipinski definition) is 3. The molecule has 0 aliphatic rings. The summed E-state index contributed by atoms with van der Waals surface area (Å²) in [5, 5.41) is 5.40. The van der Waals surface area contributed by atoms with Crippen molar-refractivity contribution in [3.63, 3.8) is 0 Å². The summed E-state index contributed by atoms with van der Waals surface area (Å²) in [5.74, 6) is 0.282. The molecule has 0 spiro atoms. The van der Waals surface area contributed by atoms with E-state index in [0.717, 1.165) is 5.69 Å². The van der Waals surface area contributed by atoms with E-state index in [1.54, 1.807) is 63.4 Å². The van der Waals surface area contributed by atoms with Crippen molar-refractivity contribution in [2.24, 2.45) is 0 Å². The molecule has 0 atom stereocenters. The highest BCUT2D eigenvalue weighted by Gasteiger charge is 2.17. The van der Waals surface area contributed by atoms with E-state index in [0.29, 0.717) is 17.3 Å². The Bertz CT molecular complexity index is 770. The number of hydrogen-bond acceptors (Lipinski definition) is 7. The minimum Gasteiger partial charge on any atom is -0.444 e. The van der Waals surface area contributed by atoms with Gasteiger partial charge >= 0.3 is 12.1 Å². The molecule has 8 heteroatoms. The van der Waals surface area contributed by atoms with Crippen molar-refractivity contribution >= 4 is 29.3 Å². The third-order valence-corrected chi connectivity index (χ3v) is 2.96. The highest BCUT2D eigenvalue weighted by atomic mass is 16.6. The summed E-state index contributed by atoms with van der Waals surface area (Å²) in [6, 6.07) is 10.2. The number of aromatic nitrogens is 1. The number of nitrogen functional groups attached to an aromatic ring is 1. The van der Waals surface area contributed by atoms with Crippen LogP contribution in [0.2, 0.25) is 0 Å². The summed E-state index contributed by atoms with van der Waals surface area (Å²) in [7, 11) is 0. The van der Waals surface area contributed by atoms with Crippen LogP contribution in [-0.4, -0.2) is 29.2 Å². The van der Waals surface area contributed by atoms with Gasteiger partial charge in [0, 0.05) is 11.9 Å². The first kappa shape index (κ1) is 19.0. The van der Waals surface area contributed by atoms with Gasteiger partial charge in [-0.1, -0.05) is 0 Å². The number of ether oxygens (including phenoxy) is 2. The van der Waals surface area contributed by atoms with Crippen molar-refractivity contribution in [3.05, 3.63) is 42.6 Å². The van der Waals surface area contributed by atoms with E-state index in [1.165, 1.54) is 0 Å². The SMILES string of the molecule is CC(C)(C)OC(=O)NCC(=O)Oc1ccc(Nc2ncccc2N)cc1. The predicted molar refractivity (Wildman–Crippen MR) is 98.2 cm³/mol. The average Bonchev–Trinajstić information content (AvgIpc) is 2.55. The quantitative estimate of drug-likeness (QED) is 0.556. The Labute approximate surface area is 151 Å². The number of pyridine rings is 1. The molecule has 0 aliphatic heterocycles. The molecule has 1 aromatic heterocycles. The van der Waals surface area contributed by atoms with Gasteiger partial charge in [0.1, 0.15) is 17.9 Å². The topological polar surface area (TPSA) is 116 Å². The molecular weight excluding hydrogens is 336 g/mol. The van der Waals surface area contributed by atoms with E-state index < -0.39 is 17.7 Å². The molecule has 2 aromatic rings. The zero-order chi connectivity index (χ0) is 19.2. The van der Waals surface area contributed by atoms with Crippen LogP contribution in [0.1, 0.15) is 20.8 Å². The van der Waals surface area contributed by atoms with Crippen LogP contribution in [0.5, 0.6) is 5.75 Å². The van der Waals surface area contributed by atoms with Crippen molar-refractivity contribution in [1.82, 2.24) is 10.3 Å². The smallest absolute Gasteiger partial charge is 0.408 e. The molecule has 26 heavy (non-hydrogen) atoms. The number of nitrogens with two attached hydrogens (primary N) is 1. The van der Waals surface area contributed by atoms with Gasteiger partial charge in [-0.05, 0) is 57.2 Å². The Morgan fingerprint density at radius 2 is 1.85 bits per heavy atom. The van der Waals surface area contributed by atoms with E-state index >= 15 is 0 Å². The van der Waals surface area contributed by atoms with Crippen LogP contribution in [0.25, 0.3) is 0 Å². The Hall–Kier alpha value is -3.29. The first-order valence-electron chi connectivity index (χ1n) is 7.98. The summed E-state index contributed by atoms with van der Waals surface area (Å²) in [5.41, 5.74) is 6.45. The lowest BCUT2D eigenvalue weighted by atomic mass is 10.2. The van der Waals surface area contributed by atoms with Crippen LogP contribution >= 0.6 is 0 Å². The van der Waals surface area contributed by atoms with Gasteiger partial charge in [0.25, 0.3) is 0 Å². The maximum Gasteiger partial charge on any atom is 0.408 e. The van der Waals surface area contributed by atoms with Crippen LogP contribution in [-0.2, 0) is 9.53 Å². The Kier molecular flexibility index (Phi) is 6.00. The van der Waals surface area contributed by atoms with Crippen LogP contribution < -0.4 is 21.1 Å². The van der Waals surface area contributed by atoms with E-state index in [-0.39, 0.29) is 6.54 Å². The Morgan fingerprint density at radius 1 is 1.15 bits per heavy atom. The van der Waals surface area contributed by atoms with Crippen LogP contribution in [0.3, 0.4) is 0 Å². The average molecular weight is 358 g/mol. The summed E-state index contributed by atoms with van der Waals surface area (Å²) >= 11 is 0. The second-order valence-electron chi connectivity index (χ2n) is 6.42. The van der Waals surface area contributed by atoms with Gasteiger partial charge in [0.15, 0.2) is 5.82 Å². The van der Waals surface area contributed by atoms with Gasteiger partial charge in [-0.15, -0.1) is 0 Å². The van der Waals surface area contributed by atoms with Gasteiger partial charge in [-0.3, -0.25) is 0 Å². The molecule has 2 rings (SSSR count). The fraction of sp³-hybridized carbons (Fsp3) is 0.278. The molecule has 0 radical (unpaired) electrons. The number of alkyl carbamates (subject to hydrolysis) is 1. The van der Waals surface area contributed by atoms with E-state index in [1.807, 2.05) is 0 Å². The minimum absolute atomic E-state index is 0.292. The predicted octanol–water partition coefficient (Wildman–Crippen LogP) is 2.84. The maximum absolute atomic E-state index is 11.8. The normalized spacial score (nSPS) is 10.7. The van der Waals surface area contributed by atoms with E-state index in [4.69, 9.17) is 15.2 Å². The van der Waals surface area contributed by atoms with Gasteiger partial charge in [-0.2, -0.15) is 0 Å². The number of nitrogens with zero attached hydrogens (tertiary/aromatic N) is 1. The molecule has 0 bridgehead atoms. The fourth-order valence-corrected chi connectivity index (χ4v) is 1.89. The third-order valence-electron chi connectivity index (χ3n) is 2.96. The number of rotatable bonds is 5. The fourth-order valence-electron chi connectivity index (χ4n) is 1.89. The summed E-state index contributed by atoms with van der Waals surface area (Å²) < 4.78 is 10.2. The minimum atomic E-state index is -0.679. The molecule has 1 amide bonds. The van der Waals surface area contributed by atoms with Crippen molar-refractivity contribution in [3.8, 4) is 5.75 Å². The van der Waals surface area contributed by atoms with E-state index in [9.17, 15) is 9.59 Å². The standard InChI is InChI=1S/C18H22N4O4/c1-18(2,3)26-17(24)21-11-15(23)25-13-8-6-12(7-9-13)22-16-14(19)5-4-10-20-16/h4-10H,11,19H2,1-3H3,(H,20,22)(H,21,24). The number of benzene rings is 1. The number of carbonyl (C=O) groups excluding carboxylic acids is 2. The van der Waals surface area contributed by atoms with Crippen LogP contribution in [0, 0.1) is 0 Å². The lowest BCUT2D eigenvalue weighted by Gasteiger charge is -2.19. The summed E-state index contributed by atoms with van der Waals surface area (Å²) in [4.78, 5) is 27.4. The highest BCUT2D eigenvalue weighted by Crippen LogP contribution is 2.22. The van der Waals surface area contributed by atoms with Crippen molar-refractivity contribution in [2.75, 3.05) is 17.6 Å². The molecule has 0 fully saturated rings. The number of nitrogens with one attached hydrogen (secondary N) is 2. The lowest BCUT2D eigenvalue weighted by molar-refractivity contribution is -0.133. The molecular formula is C18H22N4O4. The first-order chi connectivity index (χ1) is 12.2. The molecule has 138 valence electrons. The molecule has 1 heterocycles. The van der Waals surface area contributed by atoms with Crippen molar-refractivity contribution < 1.29 is 19.1 Å². The largest absolute Gasteiger partial charge is 0.444 e. The molecule has 0 saturated carbocycles. The zero-order valence-electron chi connectivity index (χ0n) is 14.9. The highest BCUT2D eigenvalue weighted by molar-refractivity contribution is 5.79. The maximum atomic E-state index is 11.8. The van der Waals surface area contributed by atoms with Crippen LogP contribution in [0.4, 0.5) is 22.0 Å². The first-order valence-corrected chi connectivity index (χ1v) is 7.98. The summed E-state index contributed by atoms with van der Waals surface area (Å²) in [6.07, 6.45) is 0.953. The number of esters is 1. The van der Waals surface area contributed by atoms with Crippen molar-refractivity contribution in [2.45, 2.75) is 26.4 Å². The number of anilines is 3. The molecule has 8 nitrogen and oxygen atoms in total. The van der Waals surface area contributed by atoms with Gasteiger partial charge in [-0.25, -0.2) is 14.6 Å². The number of amides is 1. The van der Waals surface area contributed by atoms with E-state index in [2.05, 4.69) is 15.6 Å². The Balaban J connectivity index is 1.84. The number of carbonyl (C=O) groups is 2. The second kappa shape index (κ2) is 8.19. The summed E-state index contributed by atoms with van der Waals surface area (Å²) in [6.45, 7) is 4.91. The van der Waals surface area contributed by atoms with Gasteiger partial charge < -0.3 is 25.8 Å². The Morgan fingerprint density at radius 3 is 2.46 bits per heavy atom. The second-order valence-corrected chi connectivity index (χ2v) is 6.42. The van der Waals surface area contributed by atoms with Crippen molar-refractivity contribution in [1.29, 1.82) is 0 Å². The molecule has 0 unspecified atom stereocenters. The van der Waals surface area contributed by atoms with Gasteiger partial charge in [0.05, 0.1) is 5.69 Å². The third kappa shape index (κ3) is 6.31. The molecule has 0 saturated heterocycles. The lowest BCUT2D eigenvalue weighted by Crippen LogP contribution is -2.36.